The van der Waals surface area contributed by atoms with Crippen LogP contribution in [0.25, 0.3) is 6.08 Å². The molecule has 1 heterocycles. The molecule has 156 valence electrons. The molecule has 6 heteroatoms. The standard InChI is InChI=1S/C23H31N2O3S/c1-19-5-13-23(14-6-19)29(26,27)28-25(4)17-15-21(16-18-25)8-7-20-9-11-22(12-10-20)24(2)3/h5-14,21H,15-18H2,1-4H3/q+1. The van der Waals surface area contributed by atoms with Gasteiger partial charge in [0.15, 0.2) is 0 Å². The third-order valence-electron chi connectivity index (χ3n) is 5.50. The minimum absolute atomic E-state index is 0.0953. The van der Waals surface area contributed by atoms with Gasteiger partial charge in [0.2, 0.25) is 0 Å². The van der Waals surface area contributed by atoms with Gasteiger partial charge in [-0.3, -0.25) is 0 Å². The van der Waals surface area contributed by atoms with Crippen LogP contribution in [0.2, 0.25) is 0 Å². The van der Waals surface area contributed by atoms with E-state index in [1.807, 2.05) is 28.1 Å². The van der Waals surface area contributed by atoms with Gasteiger partial charge in [-0.05, 0) is 42.7 Å². The predicted octanol–water partition coefficient (Wildman–Crippen LogP) is 4.25. The largest absolute Gasteiger partial charge is 0.378 e. The van der Waals surface area contributed by atoms with Gasteiger partial charge in [0.25, 0.3) is 0 Å². The van der Waals surface area contributed by atoms with Crippen LogP contribution >= 0.6 is 0 Å². The zero-order chi connectivity index (χ0) is 21.1. The molecule has 1 fully saturated rings. The van der Waals surface area contributed by atoms with Crippen molar-refractivity contribution in [3.8, 4) is 0 Å². The van der Waals surface area contributed by atoms with Crippen molar-refractivity contribution in [3.63, 3.8) is 0 Å². The van der Waals surface area contributed by atoms with Gasteiger partial charge in [-0.15, -0.1) is 0 Å². The van der Waals surface area contributed by atoms with Crippen LogP contribution in [0.15, 0.2) is 59.5 Å². The second kappa shape index (κ2) is 8.69. The fourth-order valence-electron chi connectivity index (χ4n) is 3.52. The van der Waals surface area contributed by atoms with Crippen LogP contribution < -0.4 is 4.90 Å². The average Bonchev–Trinajstić information content (AvgIpc) is 2.67. The fraction of sp³-hybridized carbons (Fsp3) is 0.391. The highest BCUT2D eigenvalue weighted by Gasteiger charge is 2.36. The number of rotatable bonds is 6. The Bertz CT molecular complexity index is 941. The number of aryl methyl sites for hydroxylation is 1. The van der Waals surface area contributed by atoms with E-state index in [1.54, 1.807) is 24.3 Å². The third-order valence-corrected chi connectivity index (χ3v) is 6.91. The Hall–Kier alpha value is -2.15. The zero-order valence-electron chi connectivity index (χ0n) is 17.7. The molecule has 0 bridgehead atoms. The van der Waals surface area contributed by atoms with E-state index in [-0.39, 0.29) is 9.54 Å². The SMILES string of the molecule is Cc1ccc(S(=O)(=O)O[N+]2(C)CCC(C=Cc3ccc(N(C)C)cc3)CC2)cc1. The van der Waals surface area contributed by atoms with Crippen molar-refractivity contribution in [2.24, 2.45) is 5.92 Å². The Morgan fingerprint density at radius 3 is 2.14 bits per heavy atom. The molecule has 2 aromatic carbocycles. The molecular weight excluding hydrogens is 384 g/mol. The summed E-state index contributed by atoms with van der Waals surface area (Å²) in [5, 5.41) is 0. The van der Waals surface area contributed by atoms with Crippen LogP contribution in [0.5, 0.6) is 0 Å². The lowest BCUT2D eigenvalue weighted by atomic mass is 9.95. The maximum absolute atomic E-state index is 12.6. The normalized spacial score (nSPS) is 22.7. The van der Waals surface area contributed by atoms with E-state index in [0.717, 1.165) is 18.4 Å². The Kier molecular flexibility index (Phi) is 6.46. The van der Waals surface area contributed by atoms with E-state index in [2.05, 4.69) is 41.3 Å². The van der Waals surface area contributed by atoms with Crippen LogP contribution in [-0.4, -0.2) is 47.3 Å². The molecule has 1 aliphatic heterocycles. The molecule has 0 unspecified atom stereocenters. The van der Waals surface area contributed by atoms with Gasteiger partial charge >= 0.3 is 10.1 Å². The van der Waals surface area contributed by atoms with E-state index in [9.17, 15) is 8.42 Å². The van der Waals surface area contributed by atoms with Crippen molar-refractivity contribution in [2.45, 2.75) is 24.7 Å². The van der Waals surface area contributed by atoms with Crippen LogP contribution in [0.1, 0.15) is 24.0 Å². The van der Waals surface area contributed by atoms with Crippen molar-refractivity contribution in [3.05, 3.63) is 65.7 Å². The lowest BCUT2D eigenvalue weighted by molar-refractivity contribution is -1.07. The molecule has 0 spiro atoms. The number of nitrogens with zero attached hydrogens (tertiary/aromatic N) is 2. The molecule has 0 N–H and O–H groups in total. The van der Waals surface area contributed by atoms with Crippen molar-refractivity contribution in [1.82, 2.24) is 0 Å². The van der Waals surface area contributed by atoms with Gasteiger partial charge in [0, 0.05) is 32.6 Å². The Morgan fingerprint density at radius 1 is 1.00 bits per heavy atom. The van der Waals surface area contributed by atoms with Crippen molar-refractivity contribution in [1.29, 1.82) is 0 Å². The first kappa shape index (κ1) is 21.6. The minimum Gasteiger partial charge on any atom is -0.378 e. The summed E-state index contributed by atoms with van der Waals surface area (Å²) in [5.41, 5.74) is 3.38. The summed E-state index contributed by atoms with van der Waals surface area (Å²) in [6.07, 6.45) is 6.19. The molecule has 5 nitrogen and oxygen atoms in total. The monoisotopic (exact) mass is 415 g/mol. The van der Waals surface area contributed by atoms with E-state index in [0.29, 0.717) is 19.0 Å². The first-order valence-corrected chi connectivity index (χ1v) is 11.4. The highest BCUT2D eigenvalue weighted by molar-refractivity contribution is 7.86. The Labute approximate surface area is 174 Å². The highest BCUT2D eigenvalue weighted by atomic mass is 32.2. The van der Waals surface area contributed by atoms with Crippen molar-refractivity contribution in [2.75, 3.05) is 39.1 Å². The highest BCUT2D eigenvalue weighted by Crippen LogP contribution is 2.27. The molecule has 0 saturated carbocycles. The molecule has 0 radical (unpaired) electrons. The van der Waals surface area contributed by atoms with E-state index >= 15 is 0 Å². The number of likely N-dealkylation sites (tertiary alicyclic amines) is 1. The van der Waals surface area contributed by atoms with Crippen LogP contribution in [-0.2, 0) is 14.4 Å². The van der Waals surface area contributed by atoms with Gasteiger partial charge in [-0.25, -0.2) is 0 Å². The molecule has 0 amide bonds. The van der Waals surface area contributed by atoms with Gasteiger partial charge in [0.1, 0.15) is 20.1 Å². The number of hydrogen-bond acceptors (Lipinski definition) is 4. The van der Waals surface area contributed by atoms with Crippen LogP contribution in [0.3, 0.4) is 0 Å². The first-order valence-electron chi connectivity index (χ1n) is 10.00. The summed E-state index contributed by atoms with van der Waals surface area (Å²) in [4.78, 5) is 2.29. The summed E-state index contributed by atoms with van der Waals surface area (Å²) >= 11 is 0. The molecule has 1 saturated heterocycles. The smallest absolute Gasteiger partial charge is 0.342 e. The molecule has 0 atom stereocenters. The molecule has 29 heavy (non-hydrogen) atoms. The first-order chi connectivity index (χ1) is 13.7. The van der Waals surface area contributed by atoms with Gasteiger partial charge in [0.05, 0.1) is 4.90 Å². The summed E-state index contributed by atoms with van der Waals surface area (Å²) in [5.74, 6) is 0.431. The molecule has 2 aromatic rings. The third kappa shape index (κ3) is 5.69. The van der Waals surface area contributed by atoms with E-state index < -0.39 is 10.1 Å². The lowest BCUT2D eigenvalue weighted by Gasteiger charge is -2.35. The number of piperidine rings is 1. The summed E-state index contributed by atoms with van der Waals surface area (Å²) in [6.45, 7) is 3.26. The molecular formula is C23H31N2O3S+. The van der Waals surface area contributed by atoms with Gasteiger partial charge in [-0.2, -0.15) is 13.1 Å². The van der Waals surface area contributed by atoms with Crippen LogP contribution in [0, 0.1) is 12.8 Å². The fourth-order valence-corrected chi connectivity index (χ4v) is 4.69. The lowest BCUT2D eigenvalue weighted by Crippen LogP contribution is -2.50. The van der Waals surface area contributed by atoms with Crippen LogP contribution in [0.4, 0.5) is 5.69 Å². The average molecular weight is 416 g/mol. The van der Waals surface area contributed by atoms with Gasteiger partial charge in [-0.1, -0.05) is 46.3 Å². The number of hydrogen-bond donors (Lipinski definition) is 0. The summed E-state index contributed by atoms with van der Waals surface area (Å²) in [6, 6.07) is 15.2. The van der Waals surface area contributed by atoms with Crippen molar-refractivity contribution >= 4 is 21.9 Å². The van der Waals surface area contributed by atoms with Gasteiger partial charge < -0.3 is 4.90 Å². The summed E-state index contributed by atoms with van der Waals surface area (Å²) < 4.78 is 31.0. The maximum Gasteiger partial charge on any atom is 0.342 e. The maximum atomic E-state index is 12.6. The molecule has 1 aliphatic rings. The molecule has 0 aromatic heterocycles. The second-order valence-corrected chi connectivity index (χ2v) is 9.80. The number of anilines is 1. The number of benzene rings is 2. The van der Waals surface area contributed by atoms with E-state index in [4.69, 9.17) is 4.28 Å². The zero-order valence-corrected chi connectivity index (χ0v) is 18.5. The number of hydroxylamine groups is 3. The quantitative estimate of drug-likeness (QED) is 0.662. The topological polar surface area (TPSA) is 46.6 Å². The van der Waals surface area contributed by atoms with E-state index in [1.165, 1.54) is 11.3 Å². The molecule has 3 rings (SSSR count). The Balaban J connectivity index is 1.58. The minimum atomic E-state index is -3.77. The summed E-state index contributed by atoms with van der Waals surface area (Å²) in [7, 11) is 2.15. The number of allylic oxidation sites excluding steroid dienone is 1. The van der Waals surface area contributed by atoms with Crippen molar-refractivity contribution < 1.29 is 17.3 Å². The Morgan fingerprint density at radius 2 is 1.59 bits per heavy atom. The number of quaternary nitrogens is 1. The predicted molar refractivity (Wildman–Crippen MR) is 118 cm³/mol. The second-order valence-electron chi connectivity index (χ2n) is 8.27. The molecule has 0 aliphatic carbocycles.